The van der Waals surface area contributed by atoms with E-state index in [1.165, 1.54) is 17.9 Å². The van der Waals surface area contributed by atoms with Gasteiger partial charge in [-0.15, -0.1) is 6.58 Å². The summed E-state index contributed by atoms with van der Waals surface area (Å²) in [6.07, 6.45) is -0.0152. The number of allylic oxidation sites excluding steroid dienone is 1. The number of nitrogens with zero attached hydrogens (tertiary/aromatic N) is 4. The van der Waals surface area contributed by atoms with Crippen molar-refractivity contribution in [2.75, 3.05) is 12.0 Å². The number of carbonyl (C=O) groups excluding carboxylic acids is 3. The molecule has 11 heteroatoms. The molecular formula is C23H29ClN4O6. The second-order valence-electron chi connectivity index (χ2n) is 10.00. The van der Waals surface area contributed by atoms with Crippen LogP contribution in [-0.4, -0.2) is 51.2 Å². The molecule has 2 heterocycles. The van der Waals surface area contributed by atoms with E-state index in [9.17, 15) is 14.4 Å². The molecule has 0 aliphatic heterocycles. The third-order valence-electron chi connectivity index (χ3n) is 5.03. The molecule has 2 aromatic heterocycles. The molecule has 34 heavy (non-hydrogen) atoms. The summed E-state index contributed by atoms with van der Waals surface area (Å²) in [6, 6.07) is 3.05. The molecule has 0 spiro atoms. The van der Waals surface area contributed by atoms with Crippen molar-refractivity contribution in [3.05, 3.63) is 29.9 Å². The van der Waals surface area contributed by atoms with Crippen molar-refractivity contribution in [1.82, 2.24) is 14.8 Å². The smallest absolute Gasteiger partial charge is 0.425 e. The highest BCUT2D eigenvalue weighted by Gasteiger charge is 2.63. The molecule has 2 aromatic rings. The first kappa shape index (κ1) is 25.5. The Balaban J connectivity index is 2.26. The largest absolute Gasteiger partial charge is 0.467 e. The van der Waals surface area contributed by atoms with Crippen molar-refractivity contribution in [3.8, 4) is 0 Å². The Bertz CT molecular complexity index is 1130. The number of methoxy groups -OCH3 is 1. The van der Waals surface area contributed by atoms with Gasteiger partial charge in [0.15, 0.2) is 17.0 Å². The Morgan fingerprint density at radius 3 is 2.15 bits per heavy atom. The van der Waals surface area contributed by atoms with E-state index in [0.29, 0.717) is 16.7 Å². The second kappa shape index (κ2) is 8.57. The van der Waals surface area contributed by atoms with Gasteiger partial charge < -0.3 is 14.2 Å². The number of fused-ring (bicyclic) bond motifs is 1. The fraction of sp³-hybridized carbons (Fsp3) is 0.522. The molecule has 184 valence electrons. The number of rotatable bonds is 4. The number of anilines is 1. The lowest BCUT2D eigenvalue weighted by Gasteiger charge is -2.27. The van der Waals surface area contributed by atoms with Gasteiger partial charge in [-0.1, -0.05) is 17.7 Å². The van der Waals surface area contributed by atoms with Crippen LogP contribution in [0.15, 0.2) is 24.8 Å². The Morgan fingerprint density at radius 2 is 1.71 bits per heavy atom. The summed E-state index contributed by atoms with van der Waals surface area (Å²) in [6.45, 7) is 13.8. The van der Waals surface area contributed by atoms with Crippen LogP contribution in [0.5, 0.6) is 0 Å². The normalized spacial score (nSPS) is 19.9. The molecule has 0 bridgehead atoms. The predicted molar refractivity (Wildman–Crippen MR) is 126 cm³/mol. The van der Waals surface area contributed by atoms with Crippen LogP contribution < -0.4 is 4.90 Å². The Kier molecular flexibility index (Phi) is 6.43. The number of ether oxygens (including phenoxy) is 3. The lowest BCUT2D eigenvalue weighted by Crippen LogP contribution is -2.44. The topological polar surface area (TPSA) is 113 Å². The van der Waals surface area contributed by atoms with E-state index < -0.39 is 34.9 Å². The van der Waals surface area contributed by atoms with Crippen LogP contribution in [0.4, 0.5) is 15.4 Å². The van der Waals surface area contributed by atoms with Gasteiger partial charge in [-0.25, -0.2) is 24.0 Å². The first-order chi connectivity index (χ1) is 15.6. The monoisotopic (exact) mass is 492 g/mol. The van der Waals surface area contributed by atoms with E-state index >= 15 is 0 Å². The molecule has 0 N–H and O–H groups in total. The molecule has 0 radical (unpaired) electrons. The van der Waals surface area contributed by atoms with Crippen LogP contribution in [0.1, 0.15) is 48.0 Å². The maximum Gasteiger partial charge on any atom is 0.425 e. The van der Waals surface area contributed by atoms with E-state index in [4.69, 9.17) is 25.8 Å². The number of esters is 1. The molecule has 3 rings (SSSR count). The molecule has 0 aromatic carbocycles. The molecule has 2 atom stereocenters. The lowest BCUT2D eigenvalue weighted by molar-refractivity contribution is -0.146. The van der Waals surface area contributed by atoms with Crippen molar-refractivity contribution >= 4 is 46.6 Å². The maximum atomic E-state index is 13.2. The van der Waals surface area contributed by atoms with Crippen molar-refractivity contribution in [2.45, 2.75) is 64.7 Å². The van der Waals surface area contributed by atoms with Gasteiger partial charge in [0.25, 0.3) is 0 Å². The van der Waals surface area contributed by atoms with E-state index in [0.717, 1.165) is 0 Å². The maximum absolute atomic E-state index is 13.2. The third kappa shape index (κ3) is 4.72. The Labute approximate surface area is 202 Å². The van der Waals surface area contributed by atoms with E-state index in [-0.39, 0.29) is 22.5 Å². The van der Waals surface area contributed by atoms with Gasteiger partial charge in [0.05, 0.1) is 12.5 Å². The fourth-order valence-electron chi connectivity index (χ4n) is 3.56. The van der Waals surface area contributed by atoms with Crippen LogP contribution in [0.3, 0.4) is 0 Å². The van der Waals surface area contributed by atoms with Gasteiger partial charge in [-0.2, -0.15) is 10.00 Å². The predicted octanol–water partition coefficient (Wildman–Crippen LogP) is 4.84. The number of hydrogen-bond acceptors (Lipinski definition) is 8. The first-order valence-electron chi connectivity index (χ1n) is 10.7. The summed E-state index contributed by atoms with van der Waals surface area (Å²) in [5, 5.41) is 4.93. The standard InChI is InChI=1S/C23H29ClN4O6/c1-9-13-12-23(13,18(29)32-8)28-16-14(10-11-15(24)25-16)17(26-28)27(19(30)33-21(2,3)4)20(31)34-22(5,6)7/h9-11,13H,1,12H2,2-8H3/t13-,23-/m0/s1. The summed E-state index contributed by atoms with van der Waals surface area (Å²) in [5.41, 5.74) is -2.86. The molecule has 0 saturated heterocycles. The van der Waals surface area contributed by atoms with Gasteiger partial charge in [-0.05, 0) is 60.1 Å². The number of aromatic nitrogens is 3. The van der Waals surface area contributed by atoms with Gasteiger partial charge in [0, 0.05) is 5.92 Å². The average molecular weight is 493 g/mol. The van der Waals surface area contributed by atoms with Crippen LogP contribution in [0.2, 0.25) is 5.15 Å². The highest BCUT2D eigenvalue weighted by atomic mass is 35.5. The number of halogens is 1. The van der Waals surface area contributed by atoms with Crippen LogP contribution in [0.25, 0.3) is 11.0 Å². The van der Waals surface area contributed by atoms with E-state index in [1.807, 2.05) is 0 Å². The van der Waals surface area contributed by atoms with Crippen LogP contribution >= 0.6 is 11.6 Å². The van der Waals surface area contributed by atoms with Gasteiger partial charge >= 0.3 is 18.2 Å². The SMILES string of the molecule is C=C[C@H]1C[C@]1(C(=O)OC)n1nc(N(C(=O)OC(C)(C)C)C(=O)OC(C)(C)C)c2ccc(Cl)nc21. The molecule has 1 aliphatic rings. The minimum atomic E-state index is -1.24. The van der Waals surface area contributed by atoms with Crippen LogP contribution in [0, 0.1) is 5.92 Å². The zero-order valence-electron chi connectivity index (χ0n) is 20.3. The van der Waals surface area contributed by atoms with Crippen LogP contribution in [-0.2, 0) is 24.5 Å². The van der Waals surface area contributed by atoms with Gasteiger partial charge in [0.1, 0.15) is 16.4 Å². The average Bonchev–Trinajstić information content (AvgIpc) is 3.33. The molecular weight excluding hydrogens is 464 g/mol. The van der Waals surface area contributed by atoms with E-state index in [1.54, 1.807) is 53.7 Å². The third-order valence-corrected chi connectivity index (χ3v) is 5.24. The zero-order valence-corrected chi connectivity index (χ0v) is 21.1. The van der Waals surface area contributed by atoms with Gasteiger partial charge in [0.2, 0.25) is 0 Å². The molecule has 10 nitrogen and oxygen atoms in total. The number of imide groups is 1. The molecule has 1 fully saturated rings. The minimum Gasteiger partial charge on any atom is -0.467 e. The number of hydrogen-bond donors (Lipinski definition) is 0. The highest BCUT2D eigenvalue weighted by Crippen LogP contribution is 2.53. The van der Waals surface area contributed by atoms with Crippen molar-refractivity contribution in [3.63, 3.8) is 0 Å². The summed E-state index contributed by atoms with van der Waals surface area (Å²) < 4.78 is 17.3. The Hall–Kier alpha value is -3.14. The fourth-order valence-corrected chi connectivity index (χ4v) is 3.70. The van der Waals surface area contributed by atoms with Crippen molar-refractivity contribution in [2.24, 2.45) is 5.92 Å². The number of amides is 2. The van der Waals surface area contributed by atoms with Gasteiger partial charge in [-0.3, -0.25) is 0 Å². The zero-order chi connectivity index (χ0) is 25.6. The summed E-state index contributed by atoms with van der Waals surface area (Å²) in [4.78, 5) is 44.2. The van der Waals surface area contributed by atoms with Crippen molar-refractivity contribution in [1.29, 1.82) is 0 Å². The Morgan fingerprint density at radius 1 is 1.15 bits per heavy atom. The van der Waals surface area contributed by atoms with E-state index in [2.05, 4.69) is 16.7 Å². The lowest BCUT2D eigenvalue weighted by atomic mass is 10.2. The highest BCUT2D eigenvalue weighted by molar-refractivity contribution is 6.30. The first-order valence-corrected chi connectivity index (χ1v) is 11.0. The van der Waals surface area contributed by atoms with Crippen molar-refractivity contribution < 1.29 is 28.6 Å². The summed E-state index contributed by atoms with van der Waals surface area (Å²) >= 11 is 6.15. The second-order valence-corrected chi connectivity index (χ2v) is 10.4. The molecule has 1 saturated carbocycles. The quantitative estimate of drug-likeness (QED) is 0.258. The number of carbonyl (C=O) groups is 3. The summed E-state index contributed by atoms with van der Waals surface area (Å²) in [7, 11) is 1.27. The summed E-state index contributed by atoms with van der Waals surface area (Å²) in [5.74, 6) is -0.968. The molecule has 2 amide bonds. The molecule has 1 aliphatic carbocycles. The minimum absolute atomic E-state index is 0.111. The molecule has 0 unspecified atom stereocenters. The number of pyridine rings is 1.